The third-order valence-electron chi connectivity index (χ3n) is 2.81. The lowest BCUT2D eigenvalue weighted by Crippen LogP contribution is -2.39. The third kappa shape index (κ3) is 5.72. The molecule has 6 heteroatoms. The zero-order valence-electron chi connectivity index (χ0n) is 11.8. The standard InChI is InChI=1S/C16H16IN3O2/c17-13-7-4-8-14(9-13)20-15(21)11-19-16(22)18-10-12-5-2-1-3-6-12/h1-9H,10-11H2,(H,20,21)(H2,18,19,22). The van der Waals surface area contributed by atoms with Crippen molar-refractivity contribution >= 4 is 40.2 Å². The van der Waals surface area contributed by atoms with Crippen LogP contribution in [0.1, 0.15) is 5.56 Å². The summed E-state index contributed by atoms with van der Waals surface area (Å²) in [4.78, 5) is 23.4. The van der Waals surface area contributed by atoms with Gasteiger partial charge in [0, 0.05) is 15.8 Å². The van der Waals surface area contributed by atoms with Gasteiger partial charge in [-0.2, -0.15) is 0 Å². The van der Waals surface area contributed by atoms with Crippen molar-refractivity contribution in [3.05, 3.63) is 63.7 Å². The molecule has 2 aromatic carbocycles. The first-order chi connectivity index (χ1) is 10.6. The Morgan fingerprint density at radius 1 is 0.955 bits per heavy atom. The molecule has 0 aliphatic carbocycles. The van der Waals surface area contributed by atoms with Gasteiger partial charge in [-0.1, -0.05) is 36.4 Å². The molecule has 114 valence electrons. The van der Waals surface area contributed by atoms with Crippen LogP contribution in [0.3, 0.4) is 0 Å². The first-order valence-corrected chi connectivity index (χ1v) is 7.82. The molecule has 0 aliphatic heterocycles. The van der Waals surface area contributed by atoms with Crippen molar-refractivity contribution in [3.8, 4) is 0 Å². The minimum atomic E-state index is -0.373. The van der Waals surface area contributed by atoms with E-state index in [9.17, 15) is 9.59 Å². The van der Waals surface area contributed by atoms with E-state index in [1.54, 1.807) is 6.07 Å². The zero-order chi connectivity index (χ0) is 15.8. The number of rotatable bonds is 5. The van der Waals surface area contributed by atoms with Crippen molar-refractivity contribution in [2.75, 3.05) is 11.9 Å². The van der Waals surface area contributed by atoms with E-state index in [1.807, 2.05) is 48.5 Å². The van der Waals surface area contributed by atoms with Crippen LogP contribution in [0.25, 0.3) is 0 Å². The predicted molar refractivity (Wildman–Crippen MR) is 94.5 cm³/mol. The highest BCUT2D eigenvalue weighted by Crippen LogP contribution is 2.11. The molecule has 2 aromatic rings. The average molecular weight is 409 g/mol. The molecule has 0 aromatic heterocycles. The molecule has 0 saturated carbocycles. The lowest BCUT2D eigenvalue weighted by Gasteiger charge is -2.08. The van der Waals surface area contributed by atoms with Crippen molar-refractivity contribution in [3.63, 3.8) is 0 Å². The van der Waals surface area contributed by atoms with Crippen LogP contribution in [-0.4, -0.2) is 18.5 Å². The van der Waals surface area contributed by atoms with Crippen LogP contribution < -0.4 is 16.0 Å². The van der Waals surface area contributed by atoms with E-state index in [0.717, 1.165) is 9.13 Å². The first kappa shape index (κ1) is 16.3. The Morgan fingerprint density at radius 3 is 2.45 bits per heavy atom. The lowest BCUT2D eigenvalue weighted by atomic mass is 10.2. The summed E-state index contributed by atoms with van der Waals surface area (Å²) in [6, 6.07) is 16.6. The SMILES string of the molecule is O=C(CNC(=O)NCc1ccccc1)Nc1cccc(I)c1. The maximum Gasteiger partial charge on any atom is 0.315 e. The number of hydrogen-bond acceptors (Lipinski definition) is 2. The van der Waals surface area contributed by atoms with E-state index in [1.165, 1.54) is 0 Å². The monoisotopic (exact) mass is 409 g/mol. The van der Waals surface area contributed by atoms with Crippen molar-refractivity contribution in [2.45, 2.75) is 6.54 Å². The van der Waals surface area contributed by atoms with Gasteiger partial charge in [-0.15, -0.1) is 0 Å². The van der Waals surface area contributed by atoms with Gasteiger partial charge in [-0.05, 0) is 46.4 Å². The molecule has 0 radical (unpaired) electrons. The fourth-order valence-corrected chi connectivity index (χ4v) is 2.32. The molecule has 22 heavy (non-hydrogen) atoms. The minimum absolute atomic E-state index is 0.0773. The van der Waals surface area contributed by atoms with Gasteiger partial charge in [0.05, 0.1) is 6.54 Å². The average Bonchev–Trinajstić information content (AvgIpc) is 2.52. The van der Waals surface area contributed by atoms with Crippen LogP contribution in [0.15, 0.2) is 54.6 Å². The Morgan fingerprint density at radius 2 is 1.73 bits per heavy atom. The molecule has 3 amide bonds. The van der Waals surface area contributed by atoms with Crippen LogP contribution in [-0.2, 0) is 11.3 Å². The van der Waals surface area contributed by atoms with Gasteiger partial charge in [0.25, 0.3) is 0 Å². The number of urea groups is 1. The van der Waals surface area contributed by atoms with Crippen molar-refractivity contribution < 1.29 is 9.59 Å². The first-order valence-electron chi connectivity index (χ1n) is 6.74. The highest BCUT2D eigenvalue weighted by Gasteiger charge is 2.05. The van der Waals surface area contributed by atoms with Gasteiger partial charge in [-0.3, -0.25) is 4.79 Å². The molecule has 0 saturated heterocycles. The second-order valence-corrected chi connectivity index (χ2v) is 5.83. The molecule has 0 bridgehead atoms. The molecular formula is C16H16IN3O2. The summed E-state index contributed by atoms with van der Waals surface area (Å²) in [7, 11) is 0. The molecule has 5 nitrogen and oxygen atoms in total. The minimum Gasteiger partial charge on any atom is -0.334 e. The summed E-state index contributed by atoms with van der Waals surface area (Å²) in [5, 5.41) is 7.95. The molecule has 0 unspecified atom stereocenters. The van der Waals surface area contributed by atoms with Crippen LogP contribution >= 0.6 is 22.6 Å². The predicted octanol–water partition coefficient (Wildman–Crippen LogP) is 2.73. The molecule has 0 heterocycles. The van der Waals surface area contributed by atoms with Gasteiger partial charge in [0.1, 0.15) is 0 Å². The number of benzene rings is 2. The number of nitrogens with one attached hydrogen (secondary N) is 3. The third-order valence-corrected chi connectivity index (χ3v) is 3.48. The zero-order valence-corrected chi connectivity index (χ0v) is 14.0. The van der Waals surface area contributed by atoms with Gasteiger partial charge < -0.3 is 16.0 Å². The van der Waals surface area contributed by atoms with Crippen LogP contribution in [0, 0.1) is 3.57 Å². The number of hydrogen-bond donors (Lipinski definition) is 3. The Hall–Kier alpha value is -2.09. The fourth-order valence-electron chi connectivity index (χ4n) is 1.77. The Bertz CT molecular complexity index is 647. The van der Waals surface area contributed by atoms with E-state index in [-0.39, 0.29) is 18.5 Å². The number of carbonyl (C=O) groups excluding carboxylic acids is 2. The topological polar surface area (TPSA) is 70.2 Å². The van der Waals surface area contributed by atoms with Crippen LogP contribution in [0.5, 0.6) is 0 Å². The van der Waals surface area contributed by atoms with Gasteiger partial charge in [0.15, 0.2) is 0 Å². The lowest BCUT2D eigenvalue weighted by molar-refractivity contribution is -0.115. The number of amides is 3. The summed E-state index contributed by atoms with van der Waals surface area (Å²) in [5.74, 6) is -0.267. The van der Waals surface area contributed by atoms with Crippen molar-refractivity contribution in [1.29, 1.82) is 0 Å². The van der Waals surface area contributed by atoms with Crippen molar-refractivity contribution in [2.24, 2.45) is 0 Å². The van der Waals surface area contributed by atoms with Gasteiger partial charge >= 0.3 is 6.03 Å². The fraction of sp³-hybridized carbons (Fsp3) is 0.125. The Kier molecular flexibility index (Phi) is 6.20. The second kappa shape index (κ2) is 8.38. The smallest absolute Gasteiger partial charge is 0.315 e. The van der Waals surface area contributed by atoms with E-state index < -0.39 is 0 Å². The summed E-state index contributed by atoms with van der Waals surface area (Å²) in [6.07, 6.45) is 0. The molecular weight excluding hydrogens is 393 g/mol. The molecule has 0 spiro atoms. The summed E-state index contributed by atoms with van der Waals surface area (Å²) in [5.41, 5.74) is 1.71. The molecule has 0 atom stereocenters. The van der Waals surface area contributed by atoms with Crippen molar-refractivity contribution in [1.82, 2.24) is 10.6 Å². The highest BCUT2D eigenvalue weighted by atomic mass is 127. The number of carbonyl (C=O) groups is 2. The highest BCUT2D eigenvalue weighted by molar-refractivity contribution is 14.1. The van der Waals surface area contributed by atoms with Gasteiger partial charge in [-0.25, -0.2) is 4.79 Å². The molecule has 0 aliphatic rings. The normalized spacial score (nSPS) is 9.86. The van der Waals surface area contributed by atoms with Crippen LogP contribution in [0.2, 0.25) is 0 Å². The largest absolute Gasteiger partial charge is 0.334 e. The molecule has 3 N–H and O–H groups in total. The molecule has 2 rings (SSSR count). The Labute approximate surface area is 142 Å². The quantitative estimate of drug-likeness (QED) is 0.665. The van der Waals surface area contributed by atoms with E-state index in [0.29, 0.717) is 12.2 Å². The summed E-state index contributed by atoms with van der Waals surface area (Å²) in [6.45, 7) is 0.345. The van der Waals surface area contributed by atoms with E-state index in [2.05, 4.69) is 38.5 Å². The maximum atomic E-state index is 11.7. The maximum absolute atomic E-state index is 11.7. The van der Waals surface area contributed by atoms with Gasteiger partial charge in [0.2, 0.25) is 5.91 Å². The van der Waals surface area contributed by atoms with E-state index in [4.69, 9.17) is 0 Å². The number of anilines is 1. The summed E-state index contributed by atoms with van der Waals surface area (Å²) < 4.78 is 1.03. The van der Waals surface area contributed by atoms with Crippen LogP contribution in [0.4, 0.5) is 10.5 Å². The molecule has 0 fully saturated rings. The Balaban J connectivity index is 1.70. The summed E-state index contributed by atoms with van der Waals surface area (Å²) >= 11 is 2.17. The number of halogens is 1. The van der Waals surface area contributed by atoms with E-state index >= 15 is 0 Å². The second-order valence-electron chi connectivity index (χ2n) is 4.58.